The molecule has 0 atom stereocenters. The minimum atomic E-state index is -0.0419. The number of rotatable bonds is 2. The summed E-state index contributed by atoms with van der Waals surface area (Å²) in [6.07, 6.45) is 0. The largest absolute Gasteiger partial charge is 0.399 e. The molecule has 1 amide bonds. The molecule has 0 heterocycles. The first-order valence-corrected chi connectivity index (χ1v) is 6.61. The number of anilines is 2. The Balaban J connectivity index is 2.39. The van der Waals surface area contributed by atoms with E-state index in [2.05, 4.69) is 6.07 Å². The molecule has 0 aromatic heterocycles. The summed E-state index contributed by atoms with van der Waals surface area (Å²) < 4.78 is 0. The van der Waals surface area contributed by atoms with Gasteiger partial charge in [-0.25, -0.2) is 0 Å². The van der Waals surface area contributed by atoms with E-state index in [-0.39, 0.29) is 5.91 Å². The maximum absolute atomic E-state index is 12.6. The first kappa shape index (κ1) is 14.1. The topological polar surface area (TPSA) is 46.3 Å². The number of nitrogen functional groups attached to an aromatic ring is 1. The summed E-state index contributed by atoms with van der Waals surface area (Å²) in [6, 6.07) is 11.5. The SMILES string of the molecule is Cc1cc(C)cc(N(C)C(=O)c2cc(N)ccc2C)c1. The zero-order valence-corrected chi connectivity index (χ0v) is 12.4. The smallest absolute Gasteiger partial charge is 0.258 e. The second kappa shape index (κ2) is 5.37. The second-order valence-corrected chi connectivity index (χ2v) is 5.28. The van der Waals surface area contributed by atoms with Crippen LogP contribution >= 0.6 is 0 Å². The van der Waals surface area contributed by atoms with Crippen molar-refractivity contribution in [1.82, 2.24) is 0 Å². The van der Waals surface area contributed by atoms with Crippen LogP contribution in [0.3, 0.4) is 0 Å². The summed E-state index contributed by atoms with van der Waals surface area (Å²) in [5.74, 6) is -0.0419. The quantitative estimate of drug-likeness (QED) is 0.848. The van der Waals surface area contributed by atoms with E-state index in [0.29, 0.717) is 11.3 Å². The first-order chi connectivity index (χ1) is 9.38. The zero-order valence-electron chi connectivity index (χ0n) is 12.4. The highest BCUT2D eigenvalue weighted by Crippen LogP contribution is 2.21. The van der Waals surface area contributed by atoms with Crippen LogP contribution < -0.4 is 10.6 Å². The van der Waals surface area contributed by atoms with Gasteiger partial charge in [0.25, 0.3) is 5.91 Å². The molecule has 0 aliphatic carbocycles. The Morgan fingerprint density at radius 2 is 1.60 bits per heavy atom. The standard InChI is InChI=1S/C17H20N2O/c1-11-7-12(2)9-15(8-11)19(4)17(20)16-10-14(18)6-5-13(16)3/h5-10H,18H2,1-4H3. The van der Waals surface area contributed by atoms with E-state index in [4.69, 9.17) is 5.73 Å². The van der Waals surface area contributed by atoms with Crippen molar-refractivity contribution in [2.24, 2.45) is 0 Å². The number of carbonyl (C=O) groups excluding carboxylic acids is 1. The Labute approximate surface area is 120 Å². The Kier molecular flexibility index (Phi) is 3.79. The van der Waals surface area contributed by atoms with Gasteiger partial charge in [-0.05, 0) is 61.7 Å². The van der Waals surface area contributed by atoms with E-state index in [1.54, 1.807) is 18.0 Å². The Morgan fingerprint density at radius 3 is 2.20 bits per heavy atom. The summed E-state index contributed by atoms with van der Waals surface area (Å²) in [6.45, 7) is 5.98. The fourth-order valence-electron chi connectivity index (χ4n) is 2.31. The first-order valence-electron chi connectivity index (χ1n) is 6.61. The minimum absolute atomic E-state index is 0.0419. The molecule has 2 N–H and O–H groups in total. The van der Waals surface area contributed by atoms with Crippen LogP contribution in [0.4, 0.5) is 11.4 Å². The number of carbonyl (C=O) groups is 1. The Hall–Kier alpha value is -2.29. The lowest BCUT2D eigenvalue weighted by Crippen LogP contribution is -2.27. The fraction of sp³-hybridized carbons (Fsp3) is 0.235. The highest BCUT2D eigenvalue weighted by molar-refractivity contribution is 6.07. The molecule has 3 nitrogen and oxygen atoms in total. The van der Waals surface area contributed by atoms with Crippen LogP contribution in [0.5, 0.6) is 0 Å². The van der Waals surface area contributed by atoms with Gasteiger partial charge in [-0.3, -0.25) is 4.79 Å². The monoisotopic (exact) mass is 268 g/mol. The van der Waals surface area contributed by atoms with E-state index >= 15 is 0 Å². The van der Waals surface area contributed by atoms with Crippen molar-refractivity contribution in [1.29, 1.82) is 0 Å². The summed E-state index contributed by atoms with van der Waals surface area (Å²) in [5.41, 5.74) is 11.1. The third-order valence-corrected chi connectivity index (χ3v) is 3.39. The summed E-state index contributed by atoms with van der Waals surface area (Å²) in [7, 11) is 1.79. The molecule has 104 valence electrons. The Bertz CT molecular complexity index is 642. The lowest BCUT2D eigenvalue weighted by atomic mass is 10.1. The van der Waals surface area contributed by atoms with Crippen molar-refractivity contribution in [3.63, 3.8) is 0 Å². The molecule has 0 spiro atoms. The maximum Gasteiger partial charge on any atom is 0.258 e. The lowest BCUT2D eigenvalue weighted by molar-refractivity contribution is 0.0992. The molecule has 2 aromatic rings. The predicted octanol–water partition coefficient (Wildman–Crippen LogP) is 3.47. The number of amides is 1. The van der Waals surface area contributed by atoms with Gasteiger partial charge in [-0.15, -0.1) is 0 Å². The molecule has 0 saturated carbocycles. The highest BCUT2D eigenvalue weighted by atomic mass is 16.2. The molecule has 3 heteroatoms. The van der Waals surface area contributed by atoms with E-state index in [9.17, 15) is 4.79 Å². The number of nitrogens with two attached hydrogens (primary N) is 1. The summed E-state index contributed by atoms with van der Waals surface area (Å²) in [5, 5.41) is 0. The molecule has 20 heavy (non-hydrogen) atoms. The van der Waals surface area contributed by atoms with E-state index < -0.39 is 0 Å². The van der Waals surface area contributed by atoms with Crippen molar-refractivity contribution < 1.29 is 4.79 Å². The van der Waals surface area contributed by atoms with Crippen molar-refractivity contribution in [2.45, 2.75) is 20.8 Å². The van der Waals surface area contributed by atoms with E-state index in [1.165, 1.54) is 0 Å². The third-order valence-electron chi connectivity index (χ3n) is 3.39. The number of hydrogen-bond acceptors (Lipinski definition) is 2. The average molecular weight is 268 g/mol. The molecule has 0 fully saturated rings. The number of aryl methyl sites for hydroxylation is 3. The van der Waals surface area contributed by atoms with E-state index in [1.807, 2.05) is 45.0 Å². The van der Waals surface area contributed by atoms with Crippen LogP contribution in [-0.4, -0.2) is 13.0 Å². The highest BCUT2D eigenvalue weighted by Gasteiger charge is 2.16. The van der Waals surface area contributed by atoms with Gasteiger partial charge in [0.05, 0.1) is 0 Å². The second-order valence-electron chi connectivity index (χ2n) is 5.28. The van der Waals surface area contributed by atoms with Crippen LogP contribution in [0.1, 0.15) is 27.0 Å². The summed E-state index contributed by atoms with van der Waals surface area (Å²) in [4.78, 5) is 14.3. The molecule has 0 aliphatic rings. The number of nitrogens with zero attached hydrogens (tertiary/aromatic N) is 1. The molecule has 2 rings (SSSR count). The maximum atomic E-state index is 12.6. The van der Waals surface area contributed by atoms with E-state index in [0.717, 1.165) is 22.4 Å². The molecule has 0 aliphatic heterocycles. The molecular formula is C17H20N2O. The lowest BCUT2D eigenvalue weighted by Gasteiger charge is -2.20. The van der Waals surface area contributed by atoms with Crippen molar-refractivity contribution >= 4 is 17.3 Å². The van der Waals surface area contributed by atoms with Crippen LogP contribution in [0.15, 0.2) is 36.4 Å². The van der Waals surface area contributed by atoms with Crippen molar-refractivity contribution in [3.05, 3.63) is 58.7 Å². The molecule has 0 radical (unpaired) electrons. The van der Waals surface area contributed by atoms with Crippen molar-refractivity contribution in [3.8, 4) is 0 Å². The minimum Gasteiger partial charge on any atom is -0.399 e. The summed E-state index contributed by atoms with van der Waals surface area (Å²) >= 11 is 0. The third kappa shape index (κ3) is 2.82. The number of benzene rings is 2. The van der Waals surface area contributed by atoms with Gasteiger partial charge in [0.2, 0.25) is 0 Å². The zero-order chi connectivity index (χ0) is 14.9. The number of hydrogen-bond donors (Lipinski definition) is 1. The molecule has 0 bridgehead atoms. The molecule has 0 saturated heterocycles. The van der Waals surface area contributed by atoms with Gasteiger partial charge in [-0.2, -0.15) is 0 Å². The van der Waals surface area contributed by atoms with Gasteiger partial charge < -0.3 is 10.6 Å². The average Bonchev–Trinajstić information content (AvgIpc) is 2.38. The molecule has 0 unspecified atom stereocenters. The van der Waals surface area contributed by atoms with Gasteiger partial charge in [0.1, 0.15) is 0 Å². The fourth-order valence-corrected chi connectivity index (χ4v) is 2.31. The molecule has 2 aromatic carbocycles. The Morgan fingerprint density at radius 1 is 1.00 bits per heavy atom. The van der Waals surface area contributed by atoms with Gasteiger partial charge in [0.15, 0.2) is 0 Å². The predicted molar refractivity (Wildman–Crippen MR) is 84.2 cm³/mol. The van der Waals surface area contributed by atoms with Crippen LogP contribution in [0.25, 0.3) is 0 Å². The van der Waals surface area contributed by atoms with Crippen LogP contribution in [0.2, 0.25) is 0 Å². The van der Waals surface area contributed by atoms with Crippen LogP contribution in [-0.2, 0) is 0 Å². The van der Waals surface area contributed by atoms with Gasteiger partial charge >= 0.3 is 0 Å². The van der Waals surface area contributed by atoms with Crippen molar-refractivity contribution in [2.75, 3.05) is 17.7 Å². The normalized spacial score (nSPS) is 10.4. The molecular weight excluding hydrogens is 248 g/mol. The van der Waals surface area contributed by atoms with Gasteiger partial charge in [-0.1, -0.05) is 12.1 Å². The van der Waals surface area contributed by atoms with Crippen LogP contribution in [0, 0.1) is 20.8 Å². The van der Waals surface area contributed by atoms with Gasteiger partial charge in [0, 0.05) is 24.0 Å².